The lowest BCUT2D eigenvalue weighted by atomic mass is 9.96. The van der Waals surface area contributed by atoms with Crippen LogP contribution in [0.15, 0.2) is 20.8 Å². The van der Waals surface area contributed by atoms with E-state index in [-0.39, 0.29) is 0 Å². The van der Waals surface area contributed by atoms with Gasteiger partial charge in [0.15, 0.2) is 5.11 Å². The molecule has 0 aromatic carbocycles. The highest BCUT2D eigenvalue weighted by Gasteiger charge is 2.13. The van der Waals surface area contributed by atoms with E-state index in [1.807, 2.05) is 0 Å². The Labute approximate surface area is 120 Å². The van der Waals surface area contributed by atoms with Crippen molar-refractivity contribution in [1.82, 2.24) is 20.7 Å². The number of nitrogens with one attached hydrogen (secondary N) is 4. The molecule has 0 atom stereocenters. The van der Waals surface area contributed by atoms with Gasteiger partial charge in [-0.1, -0.05) is 19.3 Å². The van der Waals surface area contributed by atoms with E-state index in [9.17, 15) is 9.59 Å². The first kappa shape index (κ1) is 14.4. The quantitative estimate of drug-likeness (QED) is 0.362. The maximum Gasteiger partial charge on any atom is 0.326 e. The number of H-pyrrole nitrogens is 2. The third kappa shape index (κ3) is 4.61. The Balaban J connectivity index is 1.84. The van der Waals surface area contributed by atoms with Gasteiger partial charge in [0.25, 0.3) is 5.56 Å². The molecule has 1 aromatic heterocycles. The molecule has 0 aliphatic heterocycles. The molecule has 0 unspecified atom stereocenters. The normalized spacial score (nSPS) is 16.2. The summed E-state index contributed by atoms with van der Waals surface area (Å²) in [4.78, 5) is 26.6. The smallest absolute Gasteiger partial charge is 0.326 e. The predicted molar refractivity (Wildman–Crippen MR) is 81.0 cm³/mol. The summed E-state index contributed by atoms with van der Waals surface area (Å²) in [6.07, 6.45) is 7.30. The minimum absolute atomic E-state index is 0.312. The lowest BCUT2D eigenvalue weighted by molar-refractivity contribution is 0.412. The van der Waals surface area contributed by atoms with Crippen LogP contribution in [-0.2, 0) is 0 Å². The fourth-order valence-electron chi connectivity index (χ4n) is 2.18. The van der Waals surface area contributed by atoms with Crippen molar-refractivity contribution in [3.63, 3.8) is 0 Å². The van der Waals surface area contributed by atoms with E-state index in [2.05, 4.69) is 25.8 Å². The van der Waals surface area contributed by atoms with E-state index in [1.165, 1.54) is 31.5 Å². The van der Waals surface area contributed by atoms with Crippen molar-refractivity contribution in [1.29, 1.82) is 0 Å². The number of aromatic amines is 2. The van der Waals surface area contributed by atoms with Crippen LogP contribution in [0.1, 0.15) is 37.8 Å². The molecule has 8 heteroatoms. The average molecular weight is 295 g/mol. The SMILES string of the molecule is O=c1cc(/C=N/NC(=S)NC2CCCCC2)[nH]c(=O)[nH]1. The van der Waals surface area contributed by atoms with Gasteiger partial charge in [0.2, 0.25) is 0 Å². The van der Waals surface area contributed by atoms with Gasteiger partial charge in [0.05, 0.1) is 11.9 Å². The van der Waals surface area contributed by atoms with Crippen molar-refractivity contribution < 1.29 is 0 Å². The number of hydrogen-bond donors (Lipinski definition) is 4. The monoisotopic (exact) mass is 295 g/mol. The molecule has 1 aliphatic carbocycles. The number of nitrogens with zero attached hydrogens (tertiary/aromatic N) is 1. The fourth-order valence-corrected chi connectivity index (χ4v) is 2.40. The molecule has 0 radical (unpaired) electrons. The summed E-state index contributed by atoms with van der Waals surface area (Å²) in [6.45, 7) is 0. The molecule has 0 amide bonds. The zero-order chi connectivity index (χ0) is 14.4. The van der Waals surface area contributed by atoms with Gasteiger partial charge < -0.3 is 10.3 Å². The van der Waals surface area contributed by atoms with Crippen molar-refractivity contribution >= 4 is 23.5 Å². The average Bonchev–Trinajstić information content (AvgIpc) is 2.38. The van der Waals surface area contributed by atoms with Crippen LogP contribution in [0.25, 0.3) is 0 Å². The van der Waals surface area contributed by atoms with Crippen LogP contribution in [0.4, 0.5) is 0 Å². The maximum absolute atomic E-state index is 11.1. The lowest BCUT2D eigenvalue weighted by Gasteiger charge is -2.23. The Hall–Kier alpha value is -1.96. The summed E-state index contributed by atoms with van der Waals surface area (Å²) in [7, 11) is 0. The largest absolute Gasteiger partial charge is 0.359 e. The first-order valence-corrected chi connectivity index (χ1v) is 6.97. The van der Waals surface area contributed by atoms with Gasteiger partial charge in [-0.2, -0.15) is 5.10 Å². The van der Waals surface area contributed by atoms with Gasteiger partial charge in [-0.05, 0) is 25.1 Å². The molecule has 4 N–H and O–H groups in total. The second kappa shape index (κ2) is 6.99. The van der Waals surface area contributed by atoms with Crippen molar-refractivity contribution in [3.05, 3.63) is 32.6 Å². The van der Waals surface area contributed by atoms with Gasteiger partial charge in [-0.15, -0.1) is 0 Å². The first-order valence-electron chi connectivity index (χ1n) is 6.57. The maximum atomic E-state index is 11.1. The molecule has 1 aliphatic rings. The molecule has 108 valence electrons. The van der Waals surface area contributed by atoms with Crippen LogP contribution in [0.2, 0.25) is 0 Å². The fraction of sp³-hybridized carbons (Fsp3) is 0.500. The van der Waals surface area contributed by atoms with E-state index in [0.717, 1.165) is 12.8 Å². The Morgan fingerprint density at radius 3 is 2.75 bits per heavy atom. The van der Waals surface area contributed by atoms with Crippen LogP contribution >= 0.6 is 12.2 Å². The van der Waals surface area contributed by atoms with Crippen molar-refractivity contribution in [2.75, 3.05) is 0 Å². The predicted octanol–water partition coefficient (Wildman–Crippen LogP) is 0.194. The Bertz CT molecular complexity index is 572. The number of thiocarbonyl (C=S) groups is 1. The second-order valence-electron chi connectivity index (χ2n) is 4.72. The number of rotatable bonds is 3. The molecule has 0 bridgehead atoms. The Kier molecular flexibility index (Phi) is 5.05. The summed E-state index contributed by atoms with van der Waals surface area (Å²) >= 11 is 5.13. The minimum atomic E-state index is -0.568. The van der Waals surface area contributed by atoms with Crippen molar-refractivity contribution in [3.8, 4) is 0 Å². The summed E-state index contributed by atoms with van der Waals surface area (Å²) < 4.78 is 0. The van der Waals surface area contributed by atoms with E-state index >= 15 is 0 Å². The summed E-state index contributed by atoms with van der Waals surface area (Å²) in [5, 5.41) is 7.53. The standard InChI is InChI=1S/C12H17N5O2S/c18-10-6-9(14-11(19)16-10)7-13-17-12(20)15-8-4-2-1-3-5-8/h6-8H,1-5H2,(H2,15,17,20)(H2,14,16,18,19)/b13-7+. The molecule has 1 saturated carbocycles. The third-order valence-electron chi connectivity index (χ3n) is 3.09. The topological polar surface area (TPSA) is 102 Å². The van der Waals surface area contributed by atoms with Crippen molar-refractivity contribution in [2.24, 2.45) is 5.10 Å². The number of hydrogen-bond acceptors (Lipinski definition) is 4. The number of aromatic nitrogens is 2. The summed E-state index contributed by atoms with van der Waals surface area (Å²) in [6, 6.07) is 1.64. The molecule has 1 fully saturated rings. The Morgan fingerprint density at radius 1 is 1.30 bits per heavy atom. The van der Waals surface area contributed by atoms with E-state index in [0.29, 0.717) is 16.8 Å². The highest BCUT2D eigenvalue weighted by atomic mass is 32.1. The second-order valence-corrected chi connectivity index (χ2v) is 5.13. The highest BCUT2D eigenvalue weighted by Crippen LogP contribution is 2.17. The molecule has 0 saturated heterocycles. The van der Waals surface area contributed by atoms with Gasteiger partial charge in [-0.3, -0.25) is 15.2 Å². The van der Waals surface area contributed by atoms with E-state index < -0.39 is 11.2 Å². The van der Waals surface area contributed by atoms with E-state index in [4.69, 9.17) is 12.2 Å². The molecule has 1 aromatic rings. The summed E-state index contributed by atoms with van der Waals surface area (Å²) in [5.41, 5.74) is 1.94. The summed E-state index contributed by atoms with van der Waals surface area (Å²) in [5.74, 6) is 0. The number of hydrazone groups is 1. The van der Waals surface area contributed by atoms with Gasteiger partial charge in [0.1, 0.15) is 0 Å². The minimum Gasteiger partial charge on any atom is -0.359 e. The highest BCUT2D eigenvalue weighted by molar-refractivity contribution is 7.80. The van der Waals surface area contributed by atoms with Crippen LogP contribution in [-0.4, -0.2) is 27.3 Å². The zero-order valence-corrected chi connectivity index (χ0v) is 11.8. The Morgan fingerprint density at radius 2 is 2.05 bits per heavy atom. The molecule has 0 spiro atoms. The van der Waals surface area contributed by atoms with E-state index in [1.54, 1.807) is 0 Å². The molecule has 2 rings (SSSR count). The van der Waals surface area contributed by atoms with Crippen molar-refractivity contribution in [2.45, 2.75) is 38.1 Å². The van der Waals surface area contributed by atoms with Gasteiger partial charge in [-0.25, -0.2) is 4.79 Å². The first-order chi connectivity index (χ1) is 9.63. The zero-order valence-electron chi connectivity index (χ0n) is 10.9. The molecule has 20 heavy (non-hydrogen) atoms. The third-order valence-corrected chi connectivity index (χ3v) is 3.30. The van der Waals surface area contributed by atoms with Crippen LogP contribution in [0, 0.1) is 0 Å². The van der Waals surface area contributed by atoms with Gasteiger partial charge in [0, 0.05) is 12.1 Å². The molecular formula is C12H17N5O2S. The molecular weight excluding hydrogens is 278 g/mol. The van der Waals surface area contributed by atoms with Crippen LogP contribution in [0.5, 0.6) is 0 Å². The lowest BCUT2D eigenvalue weighted by Crippen LogP contribution is -2.40. The molecule has 1 heterocycles. The van der Waals surface area contributed by atoms with Gasteiger partial charge >= 0.3 is 5.69 Å². The van der Waals surface area contributed by atoms with Crippen LogP contribution in [0.3, 0.4) is 0 Å². The van der Waals surface area contributed by atoms with Crippen LogP contribution < -0.4 is 22.0 Å². The molecule has 7 nitrogen and oxygen atoms in total.